The van der Waals surface area contributed by atoms with Gasteiger partial charge < -0.3 is 9.73 Å². The summed E-state index contributed by atoms with van der Waals surface area (Å²) < 4.78 is 7.00. The van der Waals surface area contributed by atoms with E-state index in [1.807, 2.05) is 51.1 Å². The summed E-state index contributed by atoms with van der Waals surface area (Å²) in [6.07, 6.45) is 0. The highest BCUT2D eigenvalue weighted by molar-refractivity contribution is 6.56. The first kappa shape index (κ1) is 19.7. The van der Waals surface area contributed by atoms with E-state index in [1.165, 1.54) is 4.68 Å². The molecule has 1 amide bonds. The summed E-state index contributed by atoms with van der Waals surface area (Å²) in [7, 11) is 0. The standard InChI is InChI=1S/C19H15Cl2N5O2/c1-10-4-6-13(7-5-10)18-24-15(17(27)23-14(9-22)16(20)21)19(28-18)26-12(3)8-11(2)25-26/h4-8H,1-3H3,(H,23,27). The number of carbonyl (C=O) groups is 1. The van der Waals surface area contributed by atoms with Crippen LogP contribution in [0.1, 0.15) is 27.4 Å². The zero-order valence-corrected chi connectivity index (χ0v) is 16.8. The van der Waals surface area contributed by atoms with Gasteiger partial charge >= 0.3 is 0 Å². The van der Waals surface area contributed by atoms with Gasteiger partial charge in [0.1, 0.15) is 10.6 Å². The van der Waals surface area contributed by atoms with Gasteiger partial charge in [0.2, 0.25) is 5.89 Å². The normalized spacial score (nSPS) is 10.4. The lowest BCUT2D eigenvalue weighted by Gasteiger charge is -2.04. The van der Waals surface area contributed by atoms with E-state index >= 15 is 0 Å². The highest BCUT2D eigenvalue weighted by atomic mass is 35.5. The molecule has 1 N–H and O–H groups in total. The predicted molar refractivity (Wildman–Crippen MR) is 105 cm³/mol. The number of amides is 1. The number of benzene rings is 1. The van der Waals surface area contributed by atoms with Crippen LogP contribution in [0.4, 0.5) is 0 Å². The van der Waals surface area contributed by atoms with Crippen LogP contribution in [-0.2, 0) is 0 Å². The molecule has 0 radical (unpaired) electrons. The Bertz CT molecular complexity index is 1120. The van der Waals surface area contributed by atoms with Crippen LogP contribution in [0, 0.1) is 32.1 Å². The summed E-state index contributed by atoms with van der Waals surface area (Å²) in [5.41, 5.74) is 2.94. The van der Waals surface area contributed by atoms with Crippen molar-refractivity contribution >= 4 is 29.1 Å². The first-order valence-electron chi connectivity index (χ1n) is 8.18. The van der Waals surface area contributed by atoms with E-state index in [-0.39, 0.29) is 27.7 Å². The molecule has 0 bridgehead atoms. The molecule has 7 nitrogen and oxygen atoms in total. The van der Waals surface area contributed by atoms with E-state index in [0.717, 1.165) is 17.0 Å². The Kier molecular flexibility index (Phi) is 5.54. The van der Waals surface area contributed by atoms with Gasteiger partial charge in [0, 0.05) is 11.3 Å². The number of nitriles is 1. The van der Waals surface area contributed by atoms with E-state index in [2.05, 4.69) is 15.4 Å². The van der Waals surface area contributed by atoms with Gasteiger partial charge in [0.15, 0.2) is 11.4 Å². The maximum atomic E-state index is 12.8. The quantitative estimate of drug-likeness (QED) is 0.638. The molecule has 0 spiro atoms. The first-order valence-corrected chi connectivity index (χ1v) is 8.94. The number of rotatable bonds is 4. The van der Waals surface area contributed by atoms with Gasteiger partial charge in [-0.3, -0.25) is 4.79 Å². The summed E-state index contributed by atoms with van der Waals surface area (Å²) in [5, 5.41) is 15.8. The van der Waals surface area contributed by atoms with Crippen molar-refractivity contribution in [2.45, 2.75) is 20.8 Å². The summed E-state index contributed by atoms with van der Waals surface area (Å²) in [6, 6.07) is 11.1. The molecule has 0 saturated heterocycles. The van der Waals surface area contributed by atoms with Gasteiger partial charge in [0.25, 0.3) is 11.8 Å². The highest BCUT2D eigenvalue weighted by Crippen LogP contribution is 2.26. The number of nitrogens with zero attached hydrogens (tertiary/aromatic N) is 4. The SMILES string of the molecule is Cc1ccc(-c2nc(C(=O)NC(C#N)=C(Cl)Cl)c(-n3nc(C)cc3C)o2)cc1. The van der Waals surface area contributed by atoms with Crippen molar-refractivity contribution in [3.8, 4) is 23.4 Å². The highest BCUT2D eigenvalue weighted by Gasteiger charge is 2.25. The number of hydrogen-bond donors (Lipinski definition) is 1. The van der Waals surface area contributed by atoms with Gasteiger partial charge in [-0.15, -0.1) is 0 Å². The van der Waals surface area contributed by atoms with Crippen LogP contribution in [0.5, 0.6) is 0 Å². The summed E-state index contributed by atoms with van der Waals surface area (Å²) in [4.78, 5) is 17.1. The number of oxazole rings is 1. The topological polar surface area (TPSA) is 96.7 Å². The molecule has 0 atom stereocenters. The molecule has 0 aliphatic heterocycles. The number of hydrogen-bond acceptors (Lipinski definition) is 5. The van der Waals surface area contributed by atoms with E-state index in [1.54, 1.807) is 6.07 Å². The molecule has 9 heteroatoms. The maximum absolute atomic E-state index is 12.8. The third-order valence-electron chi connectivity index (χ3n) is 3.86. The zero-order valence-electron chi connectivity index (χ0n) is 15.2. The fourth-order valence-electron chi connectivity index (χ4n) is 2.55. The minimum Gasteiger partial charge on any atom is -0.417 e. The molecule has 0 unspecified atom stereocenters. The fourth-order valence-corrected chi connectivity index (χ4v) is 2.73. The molecule has 2 heterocycles. The molecule has 3 rings (SSSR count). The van der Waals surface area contributed by atoms with Gasteiger partial charge in [-0.1, -0.05) is 40.9 Å². The van der Waals surface area contributed by atoms with E-state index in [9.17, 15) is 4.79 Å². The Morgan fingerprint density at radius 2 is 1.89 bits per heavy atom. The smallest absolute Gasteiger partial charge is 0.280 e. The largest absolute Gasteiger partial charge is 0.417 e. The second-order valence-electron chi connectivity index (χ2n) is 6.08. The third-order valence-corrected chi connectivity index (χ3v) is 4.24. The zero-order chi connectivity index (χ0) is 20.4. The molecule has 3 aromatic rings. The Balaban J connectivity index is 2.13. The van der Waals surface area contributed by atoms with Gasteiger partial charge in [0.05, 0.1) is 5.69 Å². The predicted octanol–water partition coefficient (Wildman–Crippen LogP) is 4.35. The van der Waals surface area contributed by atoms with Gasteiger partial charge in [-0.05, 0) is 39.0 Å². The lowest BCUT2D eigenvalue weighted by molar-refractivity contribution is 0.0962. The van der Waals surface area contributed by atoms with Crippen molar-refractivity contribution in [3.63, 3.8) is 0 Å². The van der Waals surface area contributed by atoms with Crippen LogP contribution in [0.3, 0.4) is 0 Å². The first-order chi connectivity index (χ1) is 13.3. The molecular formula is C19H15Cl2N5O2. The Morgan fingerprint density at radius 1 is 1.21 bits per heavy atom. The fraction of sp³-hybridized carbons (Fsp3) is 0.158. The Morgan fingerprint density at radius 3 is 2.43 bits per heavy atom. The van der Waals surface area contributed by atoms with Crippen molar-refractivity contribution in [3.05, 3.63) is 63.2 Å². The minimum absolute atomic E-state index is 0.0518. The van der Waals surface area contributed by atoms with Crippen molar-refractivity contribution in [1.29, 1.82) is 5.26 Å². The molecule has 28 heavy (non-hydrogen) atoms. The summed E-state index contributed by atoms with van der Waals surface area (Å²) >= 11 is 11.2. The van der Waals surface area contributed by atoms with Crippen molar-refractivity contribution < 1.29 is 9.21 Å². The van der Waals surface area contributed by atoms with Crippen LogP contribution in [0.2, 0.25) is 0 Å². The van der Waals surface area contributed by atoms with Gasteiger partial charge in [-0.2, -0.15) is 10.4 Å². The van der Waals surface area contributed by atoms with Crippen LogP contribution < -0.4 is 5.32 Å². The molecule has 1 aromatic carbocycles. The molecule has 2 aromatic heterocycles. The number of aromatic nitrogens is 3. The molecule has 0 aliphatic carbocycles. The number of nitrogens with one attached hydrogen (secondary N) is 1. The molecule has 0 fully saturated rings. The van der Waals surface area contributed by atoms with Crippen LogP contribution in [0.15, 0.2) is 44.9 Å². The van der Waals surface area contributed by atoms with Crippen LogP contribution in [-0.4, -0.2) is 20.7 Å². The van der Waals surface area contributed by atoms with Crippen molar-refractivity contribution in [2.24, 2.45) is 0 Å². The van der Waals surface area contributed by atoms with Gasteiger partial charge in [-0.25, -0.2) is 9.67 Å². The molecule has 142 valence electrons. The van der Waals surface area contributed by atoms with Crippen molar-refractivity contribution in [1.82, 2.24) is 20.1 Å². The second kappa shape index (κ2) is 7.89. The molecule has 0 aliphatic rings. The Labute approximate surface area is 171 Å². The molecule has 0 saturated carbocycles. The number of allylic oxidation sites excluding steroid dienone is 1. The number of aryl methyl sites for hydroxylation is 3. The lowest BCUT2D eigenvalue weighted by atomic mass is 10.1. The average Bonchev–Trinajstić information content (AvgIpc) is 3.22. The maximum Gasteiger partial charge on any atom is 0.280 e. The number of halogens is 2. The summed E-state index contributed by atoms with van der Waals surface area (Å²) in [5.74, 6) is -0.325. The van der Waals surface area contributed by atoms with Crippen LogP contribution in [0.25, 0.3) is 17.3 Å². The molecular weight excluding hydrogens is 401 g/mol. The minimum atomic E-state index is -0.694. The van der Waals surface area contributed by atoms with E-state index in [4.69, 9.17) is 32.9 Å². The number of carbonyl (C=O) groups excluding carboxylic acids is 1. The average molecular weight is 416 g/mol. The van der Waals surface area contributed by atoms with E-state index in [0.29, 0.717) is 5.56 Å². The second-order valence-corrected chi connectivity index (χ2v) is 7.03. The van der Waals surface area contributed by atoms with Crippen molar-refractivity contribution in [2.75, 3.05) is 0 Å². The third kappa shape index (κ3) is 3.93. The lowest BCUT2D eigenvalue weighted by Crippen LogP contribution is -2.24. The van der Waals surface area contributed by atoms with Crippen LogP contribution >= 0.6 is 23.2 Å². The van der Waals surface area contributed by atoms with E-state index < -0.39 is 5.91 Å². The monoisotopic (exact) mass is 415 g/mol. The summed E-state index contributed by atoms with van der Waals surface area (Å²) in [6.45, 7) is 5.61. The Hall–Kier alpha value is -3.08.